The first-order valence-electron chi connectivity index (χ1n) is 12.5. The summed E-state index contributed by atoms with van der Waals surface area (Å²) in [6, 6.07) is 9.56. The zero-order valence-electron chi connectivity index (χ0n) is 20.6. The number of esters is 1. The molecular weight excluding hydrogens is 473 g/mol. The maximum absolute atomic E-state index is 13.9. The lowest BCUT2D eigenvalue weighted by molar-refractivity contribution is -0.156. The molecule has 1 aliphatic carbocycles. The molecule has 0 bridgehead atoms. The minimum absolute atomic E-state index is 0.188. The van der Waals surface area contributed by atoms with Gasteiger partial charge in [-0.25, -0.2) is 18.0 Å². The highest BCUT2D eigenvalue weighted by molar-refractivity contribution is 5.75. The normalized spacial score (nSPS) is 21.8. The van der Waals surface area contributed by atoms with Crippen molar-refractivity contribution in [1.29, 1.82) is 0 Å². The van der Waals surface area contributed by atoms with Gasteiger partial charge in [0, 0.05) is 56.9 Å². The number of nitrogens with one attached hydrogen (secondary N) is 1. The van der Waals surface area contributed by atoms with Crippen LogP contribution in [0.5, 0.6) is 5.75 Å². The Morgan fingerprint density at radius 3 is 2.39 bits per heavy atom. The molecule has 1 saturated heterocycles. The summed E-state index contributed by atoms with van der Waals surface area (Å²) < 4.78 is 56.9. The minimum Gasteiger partial charge on any atom is -0.492 e. The first-order chi connectivity index (χ1) is 17.4. The van der Waals surface area contributed by atoms with Crippen LogP contribution >= 0.6 is 0 Å². The Morgan fingerprint density at radius 2 is 1.72 bits per heavy atom. The van der Waals surface area contributed by atoms with Crippen LogP contribution in [0, 0.1) is 29.3 Å². The van der Waals surface area contributed by atoms with Crippen LogP contribution in [-0.4, -0.2) is 62.5 Å². The maximum atomic E-state index is 13.9. The van der Waals surface area contributed by atoms with E-state index >= 15 is 0 Å². The predicted octanol–water partition coefficient (Wildman–Crippen LogP) is 3.71. The van der Waals surface area contributed by atoms with Crippen molar-refractivity contribution in [3.05, 3.63) is 65.0 Å². The molecule has 4 atom stereocenters. The number of rotatable bonds is 13. The van der Waals surface area contributed by atoms with Gasteiger partial charge in [0.15, 0.2) is 17.7 Å². The van der Waals surface area contributed by atoms with Gasteiger partial charge in [-0.3, -0.25) is 4.90 Å². The van der Waals surface area contributed by atoms with Gasteiger partial charge in [-0.05, 0) is 49.4 Å². The van der Waals surface area contributed by atoms with E-state index in [1.54, 1.807) is 6.92 Å². The van der Waals surface area contributed by atoms with Crippen LogP contribution in [0.25, 0.3) is 0 Å². The van der Waals surface area contributed by atoms with Gasteiger partial charge in [0.05, 0.1) is 6.61 Å². The first-order valence-corrected chi connectivity index (χ1v) is 12.5. The SMILES string of the molecule is CCOC(=O)[C@@H](Cc1ccc(OCCN[C@H]2C3CN(Cc4cc(F)c(F)cc4F)C[C@@H]32)cc1)OCC. The average molecular weight is 507 g/mol. The van der Waals surface area contributed by atoms with Gasteiger partial charge in [-0.1, -0.05) is 12.1 Å². The molecule has 1 unspecified atom stereocenters. The molecule has 2 aromatic rings. The van der Waals surface area contributed by atoms with Crippen molar-refractivity contribution in [3.63, 3.8) is 0 Å². The highest BCUT2D eigenvalue weighted by atomic mass is 19.2. The minimum atomic E-state index is -1.16. The Bertz CT molecular complexity index is 1020. The van der Waals surface area contributed by atoms with E-state index in [-0.39, 0.29) is 18.1 Å². The van der Waals surface area contributed by atoms with Gasteiger partial charge in [0.25, 0.3) is 0 Å². The lowest BCUT2D eigenvalue weighted by atomic mass is 10.1. The molecule has 2 fully saturated rings. The molecular formula is C27H33F3N2O4. The number of fused-ring (bicyclic) bond motifs is 1. The number of hydrogen-bond acceptors (Lipinski definition) is 6. The number of likely N-dealkylation sites (tertiary alicyclic amines) is 1. The van der Waals surface area contributed by atoms with E-state index in [0.717, 1.165) is 30.5 Å². The van der Waals surface area contributed by atoms with Crippen molar-refractivity contribution in [2.45, 2.75) is 39.0 Å². The molecule has 0 amide bonds. The van der Waals surface area contributed by atoms with E-state index < -0.39 is 23.6 Å². The second-order valence-electron chi connectivity index (χ2n) is 9.25. The third-order valence-corrected chi connectivity index (χ3v) is 6.77. The second-order valence-corrected chi connectivity index (χ2v) is 9.25. The summed E-state index contributed by atoms with van der Waals surface area (Å²) >= 11 is 0. The summed E-state index contributed by atoms with van der Waals surface area (Å²) in [6.07, 6.45) is -0.172. The van der Waals surface area contributed by atoms with E-state index in [2.05, 4.69) is 10.2 Å². The molecule has 0 spiro atoms. The van der Waals surface area contributed by atoms with Crippen LogP contribution in [-0.2, 0) is 27.2 Å². The third-order valence-electron chi connectivity index (χ3n) is 6.77. The Labute approximate surface area is 209 Å². The third kappa shape index (κ3) is 6.57. The number of piperidine rings is 1. The summed E-state index contributed by atoms with van der Waals surface area (Å²) in [7, 11) is 0. The van der Waals surface area contributed by atoms with E-state index in [9.17, 15) is 18.0 Å². The van der Waals surface area contributed by atoms with Crippen molar-refractivity contribution >= 4 is 5.97 Å². The highest BCUT2D eigenvalue weighted by Gasteiger charge is 2.55. The fourth-order valence-electron chi connectivity index (χ4n) is 4.95. The van der Waals surface area contributed by atoms with Crippen molar-refractivity contribution in [3.8, 4) is 5.75 Å². The quantitative estimate of drug-likeness (QED) is 0.254. The molecule has 0 radical (unpaired) electrons. The summed E-state index contributed by atoms with van der Waals surface area (Å²) in [5.41, 5.74) is 1.15. The molecule has 0 aromatic heterocycles. The Hall–Kier alpha value is -2.62. The number of carbonyl (C=O) groups excluding carboxylic acids is 1. The Kier molecular flexibility index (Phi) is 8.87. The topological polar surface area (TPSA) is 60.0 Å². The number of halogens is 3. The standard InChI is InChI=1S/C27H33F3N2O4/c1-3-34-25(27(33)35-4-2)11-17-5-7-19(8-6-17)36-10-9-31-26-20-15-32(16-21(20)26)14-18-12-23(29)24(30)13-22(18)28/h5-8,12-13,20-21,25-26,31H,3-4,9-11,14-16H2,1-2H3/t20-,21?,25+,26+/m0/s1. The number of ether oxygens (including phenoxy) is 3. The monoisotopic (exact) mass is 506 g/mol. The Balaban J connectivity index is 1.14. The molecule has 4 rings (SSSR count). The largest absolute Gasteiger partial charge is 0.492 e. The van der Waals surface area contributed by atoms with Crippen molar-refractivity contribution in [1.82, 2.24) is 10.2 Å². The van der Waals surface area contributed by atoms with Crippen LogP contribution in [0.4, 0.5) is 13.2 Å². The van der Waals surface area contributed by atoms with Gasteiger partial charge in [-0.2, -0.15) is 0 Å². The van der Waals surface area contributed by atoms with Crippen LogP contribution < -0.4 is 10.1 Å². The van der Waals surface area contributed by atoms with Gasteiger partial charge < -0.3 is 19.5 Å². The predicted molar refractivity (Wildman–Crippen MR) is 128 cm³/mol. The van der Waals surface area contributed by atoms with Gasteiger partial charge in [0.1, 0.15) is 18.2 Å². The lowest BCUT2D eigenvalue weighted by Crippen LogP contribution is -2.33. The van der Waals surface area contributed by atoms with Crippen molar-refractivity contribution in [2.75, 3.05) is 39.5 Å². The first kappa shape index (κ1) is 26.4. The Morgan fingerprint density at radius 1 is 1.03 bits per heavy atom. The smallest absolute Gasteiger partial charge is 0.335 e. The molecule has 6 nitrogen and oxygen atoms in total. The number of carbonyl (C=O) groups is 1. The van der Waals surface area contributed by atoms with Gasteiger partial charge in [-0.15, -0.1) is 0 Å². The number of hydrogen-bond donors (Lipinski definition) is 1. The van der Waals surface area contributed by atoms with Crippen LogP contribution in [0.2, 0.25) is 0 Å². The molecule has 9 heteroatoms. The molecule has 1 N–H and O–H groups in total. The summed E-state index contributed by atoms with van der Waals surface area (Å²) in [6.45, 7) is 7.48. The molecule has 2 aromatic carbocycles. The number of benzene rings is 2. The maximum Gasteiger partial charge on any atom is 0.335 e. The van der Waals surface area contributed by atoms with Crippen LogP contribution in [0.3, 0.4) is 0 Å². The van der Waals surface area contributed by atoms with Crippen molar-refractivity contribution < 1.29 is 32.2 Å². The van der Waals surface area contributed by atoms with Gasteiger partial charge in [0.2, 0.25) is 0 Å². The zero-order chi connectivity index (χ0) is 25.7. The van der Waals surface area contributed by atoms with Gasteiger partial charge >= 0.3 is 5.97 Å². The second kappa shape index (κ2) is 12.1. The van der Waals surface area contributed by atoms with E-state index in [1.807, 2.05) is 31.2 Å². The highest BCUT2D eigenvalue weighted by Crippen LogP contribution is 2.45. The molecule has 1 saturated carbocycles. The fourth-order valence-corrected chi connectivity index (χ4v) is 4.95. The zero-order valence-corrected chi connectivity index (χ0v) is 20.6. The van der Waals surface area contributed by atoms with Crippen LogP contribution in [0.1, 0.15) is 25.0 Å². The average Bonchev–Trinajstić information content (AvgIpc) is 3.30. The van der Waals surface area contributed by atoms with E-state index in [1.165, 1.54) is 0 Å². The summed E-state index contributed by atoms with van der Waals surface area (Å²) in [4.78, 5) is 14.1. The van der Waals surface area contributed by atoms with E-state index in [0.29, 0.717) is 56.7 Å². The fraction of sp³-hybridized carbons (Fsp3) is 0.519. The molecule has 36 heavy (non-hydrogen) atoms. The molecule has 196 valence electrons. The van der Waals surface area contributed by atoms with Crippen molar-refractivity contribution in [2.24, 2.45) is 11.8 Å². The summed E-state index contributed by atoms with van der Waals surface area (Å²) in [5.74, 6) is -1.52. The summed E-state index contributed by atoms with van der Waals surface area (Å²) in [5, 5.41) is 3.51. The van der Waals surface area contributed by atoms with E-state index in [4.69, 9.17) is 14.2 Å². The number of nitrogens with zero attached hydrogens (tertiary/aromatic N) is 1. The van der Waals surface area contributed by atoms with Crippen LogP contribution in [0.15, 0.2) is 36.4 Å². The molecule has 1 aliphatic heterocycles. The molecule has 2 aliphatic rings. The lowest BCUT2D eigenvalue weighted by Gasteiger charge is -2.20. The molecule has 1 heterocycles.